The predicted molar refractivity (Wildman–Crippen MR) is 121 cm³/mol. The van der Waals surface area contributed by atoms with E-state index in [-0.39, 0.29) is 5.43 Å². The standard InChI is InChI=1S/C22H25BrN4O2/c1-29-17-14-16-6-4-12-27(22(16)19(23)15-17)25-11-5-10-24-26-13-9-21(28)18-7-2-3-8-20(18)26/h2-3,7-9,13-15,24-25H,4-6,10-12H2,1H3. The highest BCUT2D eigenvalue weighted by atomic mass is 79.9. The van der Waals surface area contributed by atoms with Gasteiger partial charge in [0.15, 0.2) is 5.43 Å². The molecule has 7 heteroatoms. The number of pyridine rings is 1. The summed E-state index contributed by atoms with van der Waals surface area (Å²) in [5.41, 5.74) is 10.4. The minimum absolute atomic E-state index is 0.0475. The van der Waals surface area contributed by atoms with E-state index >= 15 is 0 Å². The van der Waals surface area contributed by atoms with E-state index in [9.17, 15) is 4.79 Å². The van der Waals surface area contributed by atoms with Crippen LogP contribution in [0.15, 0.2) is 57.9 Å². The Kier molecular flexibility index (Phi) is 6.06. The number of anilines is 1. The van der Waals surface area contributed by atoms with Crippen LogP contribution in [0.1, 0.15) is 18.4 Å². The molecule has 0 saturated carbocycles. The molecule has 1 aliphatic heterocycles. The number of hydrazine groups is 1. The van der Waals surface area contributed by atoms with Gasteiger partial charge in [0.05, 0.1) is 18.3 Å². The van der Waals surface area contributed by atoms with Gasteiger partial charge >= 0.3 is 0 Å². The van der Waals surface area contributed by atoms with Crippen molar-refractivity contribution in [3.8, 4) is 5.75 Å². The molecule has 4 rings (SSSR count). The van der Waals surface area contributed by atoms with Crippen LogP contribution in [0.25, 0.3) is 10.9 Å². The molecule has 1 aromatic heterocycles. The van der Waals surface area contributed by atoms with Crippen LogP contribution in [-0.2, 0) is 6.42 Å². The summed E-state index contributed by atoms with van der Waals surface area (Å²) in [6.45, 7) is 2.63. The van der Waals surface area contributed by atoms with Crippen LogP contribution < -0.4 is 26.0 Å². The van der Waals surface area contributed by atoms with Gasteiger partial charge < -0.3 is 15.2 Å². The van der Waals surface area contributed by atoms with Crippen molar-refractivity contribution in [2.75, 3.05) is 37.2 Å². The first-order chi connectivity index (χ1) is 14.2. The lowest BCUT2D eigenvalue weighted by Crippen LogP contribution is -2.42. The molecule has 2 heterocycles. The predicted octanol–water partition coefficient (Wildman–Crippen LogP) is 3.66. The van der Waals surface area contributed by atoms with Crippen LogP contribution in [0.4, 0.5) is 5.69 Å². The molecule has 2 N–H and O–H groups in total. The molecule has 0 bridgehead atoms. The summed E-state index contributed by atoms with van der Waals surface area (Å²) in [6.07, 6.45) is 4.91. The number of hydrogen-bond acceptors (Lipinski definition) is 5. The van der Waals surface area contributed by atoms with E-state index in [2.05, 4.69) is 37.9 Å². The van der Waals surface area contributed by atoms with Gasteiger partial charge in [-0.15, -0.1) is 0 Å². The third-order valence-electron chi connectivity index (χ3n) is 5.19. The van der Waals surface area contributed by atoms with Crippen molar-refractivity contribution < 1.29 is 4.74 Å². The fourth-order valence-electron chi connectivity index (χ4n) is 3.78. The Labute approximate surface area is 178 Å². The van der Waals surface area contributed by atoms with Gasteiger partial charge in [-0.3, -0.25) is 9.47 Å². The van der Waals surface area contributed by atoms with E-state index in [1.165, 1.54) is 11.3 Å². The van der Waals surface area contributed by atoms with Gasteiger partial charge in [0.1, 0.15) is 5.75 Å². The first kappa shape index (κ1) is 19.8. The van der Waals surface area contributed by atoms with E-state index in [0.29, 0.717) is 0 Å². The second-order valence-corrected chi connectivity index (χ2v) is 7.96. The van der Waals surface area contributed by atoms with Crippen molar-refractivity contribution in [2.24, 2.45) is 0 Å². The summed E-state index contributed by atoms with van der Waals surface area (Å²) in [7, 11) is 1.70. The number of nitrogens with zero attached hydrogens (tertiary/aromatic N) is 2. The van der Waals surface area contributed by atoms with Crippen LogP contribution in [-0.4, -0.2) is 31.4 Å². The van der Waals surface area contributed by atoms with E-state index < -0.39 is 0 Å². The molecular weight excluding hydrogens is 432 g/mol. The van der Waals surface area contributed by atoms with Gasteiger partial charge in [0.25, 0.3) is 0 Å². The van der Waals surface area contributed by atoms with E-state index in [4.69, 9.17) is 4.74 Å². The fourth-order valence-corrected chi connectivity index (χ4v) is 4.48. The van der Waals surface area contributed by atoms with Crippen molar-refractivity contribution in [3.63, 3.8) is 0 Å². The van der Waals surface area contributed by atoms with Crippen molar-refractivity contribution in [1.82, 2.24) is 10.1 Å². The average molecular weight is 457 g/mol. The zero-order chi connectivity index (χ0) is 20.2. The number of methoxy groups -OCH3 is 1. The minimum Gasteiger partial charge on any atom is -0.497 e. The number of aromatic nitrogens is 1. The number of rotatable bonds is 7. The number of halogens is 1. The van der Waals surface area contributed by atoms with Gasteiger partial charge in [0.2, 0.25) is 0 Å². The molecule has 0 aliphatic carbocycles. The van der Waals surface area contributed by atoms with Crippen molar-refractivity contribution >= 4 is 32.5 Å². The topological polar surface area (TPSA) is 58.5 Å². The SMILES string of the molecule is COc1cc(Br)c2c(c1)CCCN2NCCCNn1ccc(=O)c2ccccc21. The van der Waals surface area contributed by atoms with Crippen LogP contribution in [0.5, 0.6) is 5.75 Å². The average Bonchev–Trinajstić information content (AvgIpc) is 2.75. The highest BCUT2D eigenvalue weighted by molar-refractivity contribution is 9.10. The summed E-state index contributed by atoms with van der Waals surface area (Å²) in [5.74, 6) is 0.884. The Hall–Kier alpha value is -2.51. The minimum atomic E-state index is 0.0475. The number of ether oxygens (including phenoxy) is 1. The largest absolute Gasteiger partial charge is 0.497 e. The molecule has 0 saturated heterocycles. The van der Waals surface area contributed by atoms with E-state index in [0.717, 1.165) is 60.0 Å². The lowest BCUT2D eigenvalue weighted by molar-refractivity contribution is 0.413. The quantitative estimate of drug-likeness (QED) is 0.531. The van der Waals surface area contributed by atoms with Crippen LogP contribution in [0.2, 0.25) is 0 Å². The Bertz CT molecular complexity index is 1070. The van der Waals surface area contributed by atoms with E-state index in [1.807, 2.05) is 35.0 Å². The number of aryl methyl sites for hydroxylation is 1. The van der Waals surface area contributed by atoms with Gasteiger partial charge in [-0.1, -0.05) is 12.1 Å². The molecule has 3 aromatic rings. The number of para-hydroxylation sites is 1. The Morgan fingerprint density at radius 1 is 1.14 bits per heavy atom. The summed E-state index contributed by atoms with van der Waals surface area (Å²) in [4.78, 5) is 12.0. The zero-order valence-electron chi connectivity index (χ0n) is 16.5. The second kappa shape index (κ2) is 8.88. The fraction of sp³-hybridized carbons (Fsp3) is 0.318. The molecule has 2 aromatic carbocycles. The normalized spacial score (nSPS) is 13.4. The molecule has 0 amide bonds. The first-order valence-electron chi connectivity index (χ1n) is 9.89. The first-order valence-corrected chi connectivity index (χ1v) is 10.7. The molecule has 29 heavy (non-hydrogen) atoms. The number of fused-ring (bicyclic) bond motifs is 2. The molecule has 1 aliphatic rings. The number of hydrogen-bond donors (Lipinski definition) is 2. The molecule has 6 nitrogen and oxygen atoms in total. The summed E-state index contributed by atoms with van der Waals surface area (Å²) >= 11 is 3.69. The molecule has 152 valence electrons. The molecule has 0 unspecified atom stereocenters. The number of benzene rings is 2. The lowest BCUT2D eigenvalue weighted by atomic mass is 10.0. The monoisotopic (exact) mass is 456 g/mol. The van der Waals surface area contributed by atoms with Gasteiger partial charge in [0, 0.05) is 41.8 Å². The zero-order valence-corrected chi connectivity index (χ0v) is 18.0. The summed E-state index contributed by atoms with van der Waals surface area (Å²) in [6, 6.07) is 13.4. The van der Waals surface area contributed by atoms with Crippen molar-refractivity contribution in [2.45, 2.75) is 19.3 Å². The van der Waals surface area contributed by atoms with Crippen molar-refractivity contribution in [1.29, 1.82) is 0 Å². The Balaban J connectivity index is 1.35. The maximum Gasteiger partial charge on any atom is 0.189 e. The molecule has 0 fully saturated rings. The van der Waals surface area contributed by atoms with Crippen molar-refractivity contribution in [3.05, 3.63) is 68.9 Å². The maximum absolute atomic E-state index is 12.0. The lowest BCUT2D eigenvalue weighted by Gasteiger charge is -2.33. The van der Waals surface area contributed by atoms with Gasteiger partial charge in [-0.05, 0) is 65.0 Å². The highest BCUT2D eigenvalue weighted by Crippen LogP contribution is 2.37. The van der Waals surface area contributed by atoms with Crippen LogP contribution in [0, 0.1) is 0 Å². The Morgan fingerprint density at radius 2 is 1.97 bits per heavy atom. The highest BCUT2D eigenvalue weighted by Gasteiger charge is 2.20. The van der Waals surface area contributed by atoms with E-state index in [1.54, 1.807) is 19.4 Å². The summed E-state index contributed by atoms with van der Waals surface area (Å²) < 4.78 is 8.37. The van der Waals surface area contributed by atoms with Gasteiger partial charge in [-0.2, -0.15) is 0 Å². The van der Waals surface area contributed by atoms with Crippen LogP contribution in [0.3, 0.4) is 0 Å². The van der Waals surface area contributed by atoms with Crippen LogP contribution >= 0.6 is 15.9 Å². The third kappa shape index (κ3) is 4.26. The summed E-state index contributed by atoms with van der Waals surface area (Å²) in [5, 5.41) is 2.96. The molecule has 0 spiro atoms. The molecule has 0 radical (unpaired) electrons. The maximum atomic E-state index is 12.0. The molecular formula is C22H25BrN4O2. The smallest absolute Gasteiger partial charge is 0.189 e. The molecule has 0 atom stereocenters. The third-order valence-corrected chi connectivity index (χ3v) is 5.80. The second-order valence-electron chi connectivity index (χ2n) is 7.11. The number of nitrogens with one attached hydrogen (secondary N) is 2. The Morgan fingerprint density at radius 3 is 2.83 bits per heavy atom. The van der Waals surface area contributed by atoms with Gasteiger partial charge in [-0.25, -0.2) is 5.43 Å².